The molecule has 1 fully saturated rings. The molecule has 0 atom stereocenters. The number of anilines is 2. The van der Waals surface area contributed by atoms with Gasteiger partial charge in [0.1, 0.15) is 0 Å². The SMILES string of the molecule is COC(=O)Nc1ccc(NC(=O)CCC(=O)N2CCN(S(=O)(=O)c3ccccc3)CC2)cc1. The molecule has 0 unspecified atom stereocenters. The van der Waals surface area contributed by atoms with Crippen molar-refractivity contribution in [3.8, 4) is 0 Å². The molecule has 1 heterocycles. The fourth-order valence-electron chi connectivity index (χ4n) is 3.33. The normalized spacial score (nSPS) is 14.4. The summed E-state index contributed by atoms with van der Waals surface area (Å²) in [6.45, 7) is 0.977. The zero-order valence-electron chi connectivity index (χ0n) is 18.2. The van der Waals surface area contributed by atoms with Gasteiger partial charge in [-0.25, -0.2) is 13.2 Å². The number of carbonyl (C=O) groups is 3. The molecule has 3 rings (SSSR count). The molecule has 2 aromatic carbocycles. The summed E-state index contributed by atoms with van der Waals surface area (Å²) in [7, 11) is -2.32. The fourth-order valence-corrected chi connectivity index (χ4v) is 4.77. The molecule has 0 spiro atoms. The van der Waals surface area contributed by atoms with Crippen molar-refractivity contribution in [1.29, 1.82) is 0 Å². The van der Waals surface area contributed by atoms with Gasteiger partial charge in [-0.1, -0.05) is 18.2 Å². The predicted molar refractivity (Wildman–Crippen MR) is 122 cm³/mol. The lowest BCUT2D eigenvalue weighted by Crippen LogP contribution is -2.50. The van der Waals surface area contributed by atoms with Crippen molar-refractivity contribution < 1.29 is 27.5 Å². The minimum atomic E-state index is -3.58. The third-order valence-corrected chi connectivity index (χ3v) is 7.05. The summed E-state index contributed by atoms with van der Waals surface area (Å²) in [5, 5.41) is 5.20. The van der Waals surface area contributed by atoms with E-state index in [2.05, 4.69) is 15.4 Å². The van der Waals surface area contributed by atoms with E-state index in [-0.39, 0.29) is 55.7 Å². The first-order chi connectivity index (χ1) is 15.8. The minimum absolute atomic E-state index is 0.00350. The van der Waals surface area contributed by atoms with Crippen LogP contribution in [0.25, 0.3) is 0 Å². The maximum Gasteiger partial charge on any atom is 0.411 e. The van der Waals surface area contributed by atoms with E-state index in [4.69, 9.17) is 0 Å². The van der Waals surface area contributed by atoms with Gasteiger partial charge >= 0.3 is 6.09 Å². The Kier molecular flexibility index (Phi) is 8.01. The highest BCUT2D eigenvalue weighted by Gasteiger charge is 2.29. The number of nitrogens with zero attached hydrogens (tertiary/aromatic N) is 2. The maximum atomic E-state index is 12.7. The number of piperazine rings is 1. The van der Waals surface area contributed by atoms with Gasteiger partial charge in [0.25, 0.3) is 0 Å². The van der Waals surface area contributed by atoms with E-state index in [1.165, 1.54) is 11.4 Å². The summed E-state index contributed by atoms with van der Waals surface area (Å²) in [5.74, 6) is -0.512. The van der Waals surface area contributed by atoms with E-state index >= 15 is 0 Å². The smallest absolute Gasteiger partial charge is 0.411 e. The van der Waals surface area contributed by atoms with Crippen LogP contribution in [0.15, 0.2) is 59.5 Å². The number of hydrogen-bond acceptors (Lipinski definition) is 6. The highest BCUT2D eigenvalue weighted by atomic mass is 32.2. The largest absolute Gasteiger partial charge is 0.453 e. The number of hydrogen-bond donors (Lipinski definition) is 2. The zero-order valence-corrected chi connectivity index (χ0v) is 19.0. The number of methoxy groups -OCH3 is 1. The van der Waals surface area contributed by atoms with Crippen LogP contribution in [0.3, 0.4) is 0 Å². The standard InChI is InChI=1S/C22H26N4O6S/c1-32-22(29)24-18-9-7-17(8-10-18)23-20(27)11-12-21(28)25-13-15-26(16-14-25)33(30,31)19-5-3-2-4-6-19/h2-10H,11-16H2,1H3,(H,23,27)(H,24,29). The van der Waals surface area contributed by atoms with Gasteiger partial charge in [0.2, 0.25) is 21.8 Å². The Morgan fingerprint density at radius 2 is 1.42 bits per heavy atom. The summed E-state index contributed by atoms with van der Waals surface area (Å²) in [6.07, 6.45) is -0.563. The molecule has 0 saturated carbocycles. The number of benzene rings is 2. The maximum absolute atomic E-state index is 12.7. The Morgan fingerprint density at radius 3 is 2.00 bits per heavy atom. The molecule has 33 heavy (non-hydrogen) atoms. The Hall–Kier alpha value is -3.44. The van der Waals surface area contributed by atoms with E-state index in [1.54, 1.807) is 59.5 Å². The van der Waals surface area contributed by atoms with Gasteiger partial charge in [0.15, 0.2) is 0 Å². The molecule has 3 amide bonds. The van der Waals surface area contributed by atoms with Gasteiger partial charge in [-0.15, -0.1) is 0 Å². The molecule has 1 aliphatic rings. The number of amides is 3. The zero-order chi connectivity index (χ0) is 23.8. The predicted octanol–water partition coefficient (Wildman–Crippen LogP) is 2.12. The Bertz CT molecular complexity index is 1080. The van der Waals surface area contributed by atoms with Crippen LogP contribution in [0.1, 0.15) is 12.8 Å². The molecule has 2 N–H and O–H groups in total. The fraction of sp³-hybridized carbons (Fsp3) is 0.318. The minimum Gasteiger partial charge on any atom is -0.453 e. The molecule has 1 saturated heterocycles. The van der Waals surface area contributed by atoms with Gasteiger partial charge in [0.05, 0.1) is 12.0 Å². The second-order valence-electron chi connectivity index (χ2n) is 7.34. The average Bonchev–Trinajstić information content (AvgIpc) is 2.84. The molecule has 1 aliphatic heterocycles. The Balaban J connectivity index is 1.43. The van der Waals surface area contributed by atoms with E-state index in [0.717, 1.165) is 0 Å². The number of nitrogens with one attached hydrogen (secondary N) is 2. The molecule has 10 nitrogen and oxygen atoms in total. The number of rotatable bonds is 7. The molecular formula is C22H26N4O6S. The van der Waals surface area contributed by atoms with Crippen LogP contribution in [0.2, 0.25) is 0 Å². The van der Waals surface area contributed by atoms with E-state index in [1.807, 2.05) is 0 Å². The van der Waals surface area contributed by atoms with Crippen LogP contribution >= 0.6 is 0 Å². The van der Waals surface area contributed by atoms with Gasteiger partial charge in [-0.05, 0) is 36.4 Å². The van der Waals surface area contributed by atoms with Crippen LogP contribution in [0.5, 0.6) is 0 Å². The lowest BCUT2D eigenvalue weighted by Gasteiger charge is -2.34. The number of carbonyl (C=O) groups excluding carboxylic acids is 3. The summed E-state index contributed by atoms with van der Waals surface area (Å²) in [5.41, 5.74) is 1.05. The van der Waals surface area contributed by atoms with Crippen molar-refractivity contribution in [3.63, 3.8) is 0 Å². The van der Waals surface area contributed by atoms with Gasteiger partial charge in [-0.2, -0.15) is 4.31 Å². The number of sulfonamides is 1. The monoisotopic (exact) mass is 474 g/mol. The molecule has 11 heteroatoms. The number of ether oxygens (including phenoxy) is 1. The van der Waals surface area contributed by atoms with Gasteiger partial charge in [0, 0.05) is 50.4 Å². The van der Waals surface area contributed by atoms with Gasteiger partial charge < -0.3 is 15.0 Å². The van der Waals surface area contributed by atoms with Crippen molar-refractivity contribution in [2.45, 2.75) is 17.7 Å². The Morgan fingerprint density at radius 1 is 0.848 bits per heavy atom. The molecule has 2 aromatic rings. The lowest BCUT2D eigenvalue weighted by molar-refractivity contribution is -0.133. The van der Waals surface area contributed by atoms with E-state index in [9.17, 15) is 22.8 Å². The highest BCUT2D eigenvalue weighted by Crippen LogP contribution is 2.18. The first kappa shape index (κ1) is 24.2. The van der Waals surface area contributed by atoms with Crippen LogP contribution in [-0.2, 0) is 24.3 Å². The third kappa shape index (κ3) is 6.53. The van der Waals surface area contributed by atoms with Crippen LogP contribution in [0.4, 0.5) is 16.2 Å². The van der Waals surface area contributed by atoms with Crippen molar-refractivity contribution in [1.82, 2.24) is 9.21 Å². The molecule has 0 radical (unpaired) electrons. The van der Waals surface area contributed by atoms with Crippen molar-refractivity contribution in [2.24, 2.45) is 0 Å². The summed E-state index contributed by atoms with van der Waals surface area (Å²) in [6, 6.07) is 14.7. The second kappa shape index (κ2) is 10.9. The summed E-state index contributed by atoms with van der Waals surface area (Å²) in [4.78, 5) is 37.7. The average molecular weight is 475 g/mol. The van der Waals surface area contributed by atoms with Crippen LogP contribution in [-0.4, -0.2) is 68.8 Å². The third-order valence-electron chi connectivity index (χ3n) is 5.14. The van der Waals surface area contributed by atoms with E-state index in [0.29, 0.717) is 11.4 Å². The van der Waals surface area contributed by atoms with Crippen molar-refractivity contribution >= 4 is 39.3 Å². The van der Waals surface area contributed by atoms with Crippen LogP contribution in [0, 0.1) is 0 Å². The van der Waals surface area contributed by atoms with E-state index < -0.39 is 16.1 Å². The highest BCUT2D eigenvalue weighted by molar-refractivity contribution is 7.89. The molecule has 0 bridgehead atoms. The summed E-state index contributed by atoms with van der Waals surface area (Å²) >= 11 is 0. The molecular weight excluding hydrogens is 448 g/mol. The Labute approximate surface area is 192 Å². The first-order valence-electron chi connectivity index (χ1n) is 10.4. The molecule has 0 aliphatic carbocycles. The van der Waals surface area contributed by atoms with Crippen molar-refractivity contribution in [3.05, 3.63) is 54.6 Å². The van der Waals surface area contributed by atoms with Crippen LogP contribution < -0.4 is 10.6 Å². The molecule has 176 valence electrons. The second-order valence-corrected chi connectivity index (χ2v) is 9.28. The quantitative estimate of drug-likeness (QED) is 0.633. The topological polar surface area (TPSA) is 125 Å². The first-order valence-corrected chi connectivity index (χ1v) is 11.8. The lowest BCUT2D eigenvalue weighted by atomic mass is 10.2. The molecule has 0 aromatic heterocycles. The van der Waals surface area contributed by atoms with Gasteiger partial charge in [-0.3, -0.25) is 14.9 Å². The van der Waals surface area contributed by atoms with Crippen molar-refractivity contribution in [2.75, 3.05) is 43.9 Å². The summed E-state index contributed by atoms with van der Waals surface area (Å²) < 4.78 is 31.2.